The number of nitrogens with one attached hydrogen (secondary N) is 1. The molecule has 7 nitrogen and oxygen atoms in total. The third-order valence-corrected chi connectivity index (χ3v) is 4.19. The lowest BCUT2D eigenvalue weighted by Crippen LogP contribution is -2.25. The second-order valence-corrected chi connectivity index (χ2v) is 6.15. The number of pyridine rings is 1. The molecule has 1 aromatic heterocycles. The van der Waals surface area contributed by atoms with Crippen molar-refractivity contribution in [3.8, 4) is 5.75 Å². The second kappa shape index (κ2) is 8.33. The Bertz CT molecular complexity index is 788. The monoisotopic (exact) mass is 354 g/mol. The largest absolute Gasteiger partial charge is 0.483 e. The van der Waals surface area contributed by atoms with Crippen LogP contribution < -0.4 is 20.7 Å². The van der Waals surface area contributed by atoms with Crippen molar-refractivity contribution in [3.63, 3.8) is 0 Å². The molecule has 7 heteroatoms. The molecule has 26 heavy (non-hydrogen) atoms. The molecule has 0 bridgehead atoms. The van der Waals surface area contributed by atoms with Crippen LogP contribution in [0.1, 0.15) is 28.8 Å². The summed E-state index contributed by atoms with van der Waals surface area (Å²) in [4.78, 5) is 30.0. The lowest BCUT2D eigenvalue weighted by Gasteiger charge is -2.17. The smallest absolute Gasteiger partial charge is 0.255 e. The van der Waals surface area contributed by atoms with Crippen molar-refractivity contribution < 1.29 is 14.3 Å². The number of amides is 2. The van der Waals surface area contributed by atoms with Gasteiger partial charge in [-0.25, -0.2) is 4.98 Å². The average molecular weight is 354 g/mol. The highest BCUT2D eigenvalue weighted by Gasteiger charge is 2.15. The van der Waals surface area contributed by atoms with E-state index in [0.29, 0.717) is 17.9 Å². The van der Waals surface area contributed by atoms with Crippen LogP contribution in [0, 0.1) is 0 Å². The van der Waals surface area contributed by atoms with E-state index in [4.69, 9.17) is 10.5 Å². The van der Waals surface area contributed by atoms with E-state index in [1.54, 1.807) is 30.5 Å². The highest BCUT2D eigenvalue weighted by atomic mass is 16.5. The summed E-state index contributed by atoms with van der Waals surface area (Å²) in [5.74, 6) is 0.409. The first kappa shape index (κ1) is 17.7. The van der Waals surface area contributed by atoms with E-state index >= 15 is 0 Å². The van der Waals surface area contributed by atoms with Crippen LogP contribution in [0.4, 0.5) is 5.82 Å². The van der Waals surface area contributed by atoms with Crippen molar-refractivity contribution >= 4 is 17.6 Å². The summed E-state index contributed by atoms with van der Waals surface area (Å²) in [5.41, 5.74) is 6.43. The summed E-state index contributed by atoms with van der Waals surface area (Å²) in [6.07, 6.45) is 4.13. The lowest BCUT2D eigenvalue weighted by atomic mass is 10.1. The summed E-state index contributed by atoms with van der Waals surface area (Å²) in [5, 5.41) is 2.88. The van der Waals surface area contributed by atoms with E-state index in [1.165, 1.54) is 12.8 Å². The average Bonchev–Trinajstić information content (AvgIpc) is 3.20. The normalized spacial score (nSPS) is 13.5. The standard InChI is InChI=1S/C19H22N4O3/c20-17(24)13-26-16-6-2-1-5-15(16)19(25)22-12-14-7-8-21-18(11-14)23-9-3-4-10-23/h1-2,5-8,11H,3-4,9-10,12-13H2,(H2,20,24)(H,22,25). The summed E-state index contributed by atoms with van der Waals surface area (Å²) in [7, 11) is 0. The third kappa shape index (κ3) is 4.50. The number of rotatable bonds is 7. The minimum absolute atomic E-state index is 0.270. The number of ether oxygens (including phenoxy) is 1. The van der Waals surface area contributed by atoms with Gasteiger partial charge in [-0.2, -0.15) is 0 Å². The quantitative estimate of drug-likeness (QED) is 0.785. The van der Waals surface area contributed by atoms with Gasteiger partial charge in [-0.15, -0.1) is 0 Å². The molecule has 0 aliphatic carbocycles. The van der Waals surface area contributed by atoms with Crippen molar-refractivity contribution in [3.05, 3.63) is 53.7 Å². The molecule has 0 atom stereocenters. The Morgan fingerprint density at radius 2 is 1.96 bits per heavy atom. The maximum Gasteiger partial charge on any atom is 0.255 e. The number of primary amides is 1. The van der Waals surface area contributed by atoms with Gasteiger partial charge in [0.15, 0.2) is 6.61 Å². The fourth-order valence-corrected chi connectivity index (χ4v) is 2.90. The third-order valence-electron chi connectivity index (χ3n) is 4.19. The van der Waals surface area contributed by atoms with Crippen LogP contribution in [0.15, 0.2) is 42.6 Å². The molecule has 2 heterocycles. The molecule has 1 fully saturated rings. The fourth-order valence-electron chi connectivity index (χ4n) is 2.90. The van der Waals surface area contributed by atoms with E-state index in [-0.39, 0.29) is 12.5 Å². The topological polar surface area (TPSA) is 97.6 Å². The van der Waals surface area contributed by atoms with Crippen LogP contribution >= 0.6 is 0 Å². The molecular weight excluding hydrogens is 332 g/mol. The molecule has 0 radical (unpaired) electrons. The molecule has 2 amide bonds. The number of carbonyl (C=O) groups is 2. The van der Waals surface area contributed by atoms with Crippen molar-refractivity contribution in [1.82, 2.24) is 10.3 Å². The van der Waals surface area contributed by atoms with Gasteiger partial charge in [0, 0.05) is 25.8 Å². The van der Waals surface area contributed by atoms with Gasteiger partial charge in [0.1, 0.15) is 11.6 Å². The Kier molecular flexibility index (Phi) is 5.68. The summed E-state index contributed by atoms with van der Waals surface area (Å²) < 4.78 is 5.31. The molecule has 2 aromatic rings. The van der Waals surface area contributed by atoms with E-state index in [1.807, 2.05) is 12.1 Å². The van der Waals surface area contributed by atoms with E-state index < -0.39 is 5.91 Å². The lowest BCUT2D eigenvalue weighted by molar-refractivity contribution is -0.119. The second-order valence-electron chi connectivity index (χ2n) is 6.15. The zero-order chi connectivity index (χ0) is 18.4. The first-order valence-corrected chi connectivity index (χ1v) is 8.61. The predicted octanol–water partition coefficient (Wildman–Crippen LogP) is 1.48. The maximum atomic E-state index is 12.5. The number of anilines is 1. The van der Waals surface area contributed by atoms with Crippen LogP contribution in [0.2, 0.25) is 0 Å². The molecule has 3 N–H and O–H groups in total. The summed E-state index contributed by atoms with van der Waals surface area (Å²) >= 11 is 0. The Balaban J connectivity index is 1.64. The van der Waals surface area contributed by atoms with Gasteiger partial charge >= 0.3 is 0 Å². The number of hydrogen-bond acceptors (Lipinski definition) is 5. The number of para-hydroxylation sites is 1. The minimum Gasteiger partial charge on any atom is -0.483 e. The van der Waals surface area contributed by atoms with Crippen LogP contribution in [0.3, 0.4) is 0 Å². The SMILES string of the molecule is NC(=O)COc1ccccc1C(=O)NCc1ccnc(N2CCCC2)c1. The van der Waals surface area contributed by atoms with E-state index in [9.17, 15) is 9.59 Å². The highest BCUT2D eigenvalue weighted by molar-refractivity contribution is 5.97. The zero-order valence-electron chi connectivity index (χ0n) is 14.5. The Labute approximate surface area is 152 Å². The number of carbonyl (C=O) groups excluding carboxylic acids is 2. The van der Waals surface area contributed by atoms with Crippen LogP contribution in [-0.2, 0) is 11.3 Å². The number of benzene rings is 1. The maximum absolute atomic E-state index is 12.5. The van der Waals surface area contributed by atoms with Crippen LogP contribution in [0.25, 0.3) is 0 Å². The molecule has 1 aliphatic rings. The molecule has 136 valence electrons. The predicted molar refractivity (Wildman–Crippen MR) is 98.0 cm³/mol. The molecular formula is C19H22N4O3. The molecule has 0 saturated carbocycles. The van der Waals surface area contributed by atoms with Gasteiger partial charge in [-0.1, -0.05) is 12.1 Å². The number of hydrogen-bond donors (Lipinski definition) is 2. The minimum atomic E-state index is -0.591. The molecule has 0 spiro atoms. The van der Waals surface area contributed by atoms with Crippen molar-refractivity contribution in [2.45, 2.75) is 19.4 Å². The van der Waals surface area contributed by atoms with Crippen molar-refractivity contribution in [1.29, 1.82) is 0 Å². The fraction of sp³-hybridized carbons (Fsp3) is 0.316. The van der Waals surface area contributed by atoms with Gasteiger partial charge in [-0.05, 0) is 42.7 Å². The summed E-state index contributed by atoms with van der Waals surface area (Å²) in [6.45, 7) is 2.15. The zero-order valence-corrected chi connectivity index (χ0v) is 14.5. The van der Waals surface area contributed by atoms with Crippen molar-refractivity contribution in [2.75, 3.05) is 24.6 Å². The Morgan fingerprint density at radius 1 is 1.19 bits per heavy atom. The van der Waals surface area contributed by atoms with E-state index in [0.717, 1.165) is 24.5 Å². The van der Waals surface area contributed by atoms with Gasteiger partial charge in [0.25, 0.3) is 11.8 Å². The number of aromatic nitrogens is 1. The van der Waals surface area contributed by atoms with E-state index in [2.05, 4.69) is 15.2 Å². The van der Waals surface area contributed by atoms with Gasteiger partial charge < -0.3 is 20.7 Å². The molecule has 1 aliphatic heterocycles. The molecule has 1 saturated heterocycles. The van der Waals surface area contributed by atoms with Gasteiger partial charge in [0.2, 0.25) is 0 Å². The first-order chi connectivity index (χ1) is 12.6. The Morgan fingerprint density at radius 3 is 2.73 bits per heavy atom. The van der Waals surface area contributed by atoms with Gasteiger partial charge in [0.05, 0.1) is 5.56 Å². The van der Waals surface area contributed by atoms with Crippen LogP contribution in [0.5, 0.6) is 5.75 Å². The molecule has 1 aromatic carbocycles. The molecule has 3 rings (SSSR count). The van der Waals surface area contributed by atoms with Gasteiger partial charge in [-0.3, -0.25) is 9.59 Å². The molecule has 0 unspecified atom stereocenters. The first-order valence-electron chi connectivity index (χ1n) is 8.61. The Hall–Kier alpha value is -3.09. The summed E-state index contributed by atoms with van der Waals surface area (Å²) in [6, 6.07) is 10.6. The highest BCUT2D eigenvalue weighted by Crippen LogP contribution is 2.20. The number of nitrogens with two attached hydrogens (primary N) is 1. The van der Waals surface area contributed by atoms with Crippen molar-refractivity contribution in [2.24, 2.45) is 5.73 Å². The number of nitrogens with zero attached hydrogens (tertiary/aromatic N) is 2. The van der Waals surface area contributed by atoms with Crippen LogP contribution in [-0.4, -0.2) is 36.5 Å².